The quantitative estimate of drug-likeness (QED) is 0.529. The smallest absolute Gasteiger partial charge is 0.265 e. The van der Waals surface area contributed by atoms with Crippen molar-refractivity contribution >= 4 is 22.9 Å². The number of carbonyl (C=O) groups is 1. The number of thiophene rings is 1. The van der Waals surface area contributed by atoms with Gasteiger partial charge in [0.25, 0.3) is 5.91 Å². The van der Waals surface area contributed by atoms with Crippen molar-refractivity contribution in [3.8, 4) is 10.4 Å². The number of rotatable bonds is 5. The van der Waals surface area contributed by atoms with Crippen molar-refractivity contribution in [1.82, 2.24) is 9.55 Å². The fourth-order valence-corrected chi connectivity index (χ4v) is 3.73. The molecule has 0 bridgehead atoms. The van der Waals surface area contributed by atoms with Crippen molar-refractivity contribution in [2.75, 3.05) is 5.32 Å². The Hall–Kier alpha value is -3.25. The molecular formula is C21H16FN3OS. The van der Waals surface area contributed by atoms with Crippen LogP contribution in [0.1, 0.15) is 15.2 Å². The van der Waals surface area contributed by atoms with E-state index in [1.807, 2.05) is 35.0 Å². The summed E-state index contributed by atoms with van der Waals surface area (Å²) < 4.78 is 15.9. The summed E-state index contributed by atoms with van der Waals surface area (Å²) in [5, 5.41) is 2.91. The number of nitrogens with one attached hydrogen (secondary N) is 1. The number of amides is 1. The van der Waals surface area contributed by atoms with Gasteiger partial charge < -0.3 is 9.88 Å². The molecule has 0 aliphatic heterocycles. The third-order valence-corrected chi connectivity index (χ3v) is 5.20. The highest BCUT2D eigenvalue weighted by molar-refractivity contribution is 7.17. The largest absolute Gasteiger partial charge is 0.333 e. The molecule has 1 N–H and O–H groups in total. The Balaban J connectivity index is 1.49. The van der Waals surface area contributed by atoms with Crippen LogP contribution in [-0.2, 0) is 6.54 Å². The second-order valence-electron chi connectivity index (χ2n) is 6.03. The van der Waals surface area contributed by atoms with Crippen molar-refractivity contribution in [2.24, 2.45) is 0 Å². The van der Waals surface area contributed by atoms with Gasteiger partial charge in [0.05, 0.1) is 11.2 Å². The van der Waals surface area contributed by atoms with Crippen LogP contribution >= 0.6 is 11.3 Å². The predicted molar refractivity (Wildman–Crippen MR) is 105 cm³/mol. The third-order valence-electron chi connectivity index (χ3n) is 4.08. The maximum atomic E-state index is 13.9. The Bertz CT molecular complexity index is 1070. The molecule has 4 rings (SSSR count). The normalized spacial score (nSPS) is 10.7. The average molecular weight is 377 g/mol. The van der Waals surface area contributed by atoms with Gasteiger partial charge in [-0.05, 0) is 35.9 Å². The van der Waals surface area contributed by atoms with Crippen LogP contribution in [0, 0.1) is 5.82 Å². The first-order valence-electron chi connectivity index (χ1n) is 8.40. The summed E-state index contributed by atoms with van der Waals surface area (Å²) in [6, 6.07) is 17.7. The molecule has 27 heavy (non-hydrogen) atoms. The zero-order chi connectivity index (χ0) is 18.6. The van der Waals surface area contributed by atoms with E-state index in [4.69, 9.17) is 0 Å². The summed E-state index contributed by atoms with van der Waals surface area (Å²) in [6.45, 7) is 0.681. The molecule has 4 aromatic rings. The summed E-state index contributed by atoms with van der Waals surface area (Å²) in [6.07, 6.45) is 5.37. The number of nitrogens with zero attached hydrogens (tertiary/aromatic N) is 2. The lowest BCUT2D eigenvalue weighted by Gasteiger charge is -2.07. The van der Waals surface area contributed by atoms with Crippen LogP contribution < -0.4 is 5.32 Å². The molecule has 0 fully saturated rings. The number of carbonyl (C=O) groups excluding carboxylic acids is 1. The highest BCUT2D eigenvalue weighted by atomic mass is 32.1. The van der Waals surface area contributed by atoms with Crippen molar-refractivity contribution < 1.29 is 9.18 Å². The Kier molecular flexibility index (Phi) is 4.80. The second kappa shape index (κ2) is 7.55. The molecule has 0 aliphatic rings. The second-order valence-corrected chi connectivity index (χ2v) is 7.12. The van der Waals surface area contributed by atoms with Crippen molar-refractivity contribution in [1.29, 1.82) is 0 Å². The van der Waals surface area contributed by atoms with E-state index in [1.165, 1.54) is 17.4 Å². The Morgan fingerprint density at radius 2 is 2.00 bits per heavy atom. The van der Waals surface area contributed by atoms with Crippen LogP contribution in [0.25, 0.3) is 10.4 Å². The van der Waals surface area contributed by atoms with Crippen molar-refractivity contribution in [3.05, 3.63) is 95.6 Å². The molecule has 2 heterocycles. The van der Waals surface area contributed by atoms with E-state index in [9.17, 15) is 9.18 Å². The molecule has 4 nitrogen and oxygen atoms in total. The van der Waals surface area contributed by atoms with Crippen LogP contribution in [0.15, 0.2) is 79.4 Å². The van der Waals surface area contributed by atoms with Crippen molar-refractivity contribution in [2.45, 2.75) is 6.54 Å². The van der Waals surface area contributed by atoms with Gasteiger partial charge >= 0.3 is 0 Å². The highest BCUT2D eigenvalue weighted by Crippen LogP contribution is 2.30. The number of imidazole rings is 1. The average Bonchev–Trinajstić information content (AvgIpc) is 3.34. The summed E-state index contributed by atoms with van der Waals surface area (Å²) >= 11 is 1.27. The molecular weight excluding hydrogens is 361 g/mol. The van der Waals surface area contributed by atoms with Crippen molar-refractivity contribution in [3.63, 3.8) is 0 Å². The van der Waals surface area contributed by atoms with E-state index in [0.717, 1.165) is 16.1 Å². The van der Waals surface area contributed by atoms with E-state index in [2.05, 4.69) is 10.3 Å². The molecule has 1 amide bonds. The van der Waals surface area contributed by atoms with Gasteiger partial charge in [-0.1, -0.05) is 30.3 Å². The lowest BCUT2D eigenvalue weighted by Crippen LogP contribution is -2.10. The lowest BCUT2D eigenvalue weighted by atomic mass is 10.2. The summed E-state index contributed by atoms with van der Waals surface area (Å²) in [5.74, 6) is -0.499. The molecule has 0 radical (unpaired) electrons. The van der Waals surface area contributed by atoms with E-state index in [0.29, 0.717) is 17.0 Å². The number of halogens is 1. The molecule has 0 spiro atoms. The highest BCUT2D eigenvalue weighted by Gasteiger charge is 2.13. The van der Waals surface area contributed by atoms with Gasteiger partial charge in [-0.2, -0.15) is 0 Å². The topological polar surface area (TPSA) is 46.9 Å². The van der Waals surface area contributed by atoms with Crippen LogP contribution in [0.4, 0.5) is 10.1 Å². The Labute approximate surface area is 159 Å². The molecule has 2 aromatic carbocycles. The third kappa shape index (κ3) is 3.96. The summed E-state index contributed by atoms with van der Waals surface area (Å²) in [5.41, 5.74) is 2.28. The Morgan fingerprint density at radius 1 is 1.11 bits per heavy atom. The minimum absolute atomic E-state index is 0.206. The Morgan fingerprint density at radius 3 is 2.81 bits per heavy atom. The summed E-state index contributed by atoms with van der Waals surface area (Å²) in [4.78, 5) is 17.9. The van der Waals surface area contributed by atoms with Gasteiger partial charge in [0.15, 0.2) is 0 Å². The first-order chi connectivity index (χ1) is 13.2. The molecule has 0 saturated carbocycles. The minimum Gasteiger partial charge on any atom is -0.333 e. The van der Waals surface area contributed by atoms with E-state index in [1.54, 1.807) is 42.9 Å². The maximum absolute atomic E-state index is 13.9. The van der Waals surface area contributed by atoms with Crippen LogP contribution in [0.5, 0.6) is 0 Å². The van der Waals surface area contributed by atoms with Crippen LogP contribution in [0.3, 0.4) is 0 Å². The number of aromatic nitrogens is 2. The van der Waals surface area contributed by atoms with Crippen LogP contribution in [-0.4, -0.2) is 15.5 Å². The monoisotopic (exact) mass is 377 g/mol. The van der Waals surface area contributed by atoms with Gasteiger partial charge in [0.2, 0.25) is 0 Å². The van der Waals surface area contributed by atoms with E-state index < -0.39 is 0 Å². The van der Waals surface area contributed by atoms with Gasteiger partial charge in [-0.25, -0.2) is 9.37 Å². The minimum atomic E-state index is -0.293. The first kappa shape index (κ1) is 17.2. The summed E-state index contributed by atoms with van der Waals surface area (Å²) in [7, 11) is 0. The van der Waals surface area contributed by atoms with E-state index >= 15 is 0 Å². The number of hydrogen-bond acceptors (Lipinski definition) is 3. The van der Waals surface area contributed by atoms with Gasteiger partial charge in [0.1, 0.15) is 5.82 Å². The lowest BCUT2D eigenvalue weighted by molar-refractivity contribution is 0.103. The predicted octanol–water partition coefficient (Wildman–Crippen LogP) is 5.05. The molecule has 134 valence electrons. The molecule has 0 unspecified atom stereocenters. The molecule has 0 saturated heterocycles. The fourth-order valence-electron chi connectivity index (χ4n) is 2.80. The van der Waals surface area contributed by atoms with E-state index in [-0.39, 0.29) is 11.7 Å². The van der Waals surface area contributed by atoms with Gasteiger partial charge in [0, 0.05) is 35.1 Å². The molecule has 6 heteroatoms. The van der Waals surface area contributed by atoms with Gasteiger partial charge in [-0.3, -0.25) is 4.79 Å². The standard InChI is InChI=1S/C21H16FN3OS/c22-18-7-2-1-6-17(18)19-8-9-20(27-19)21(26)24-16-5-3-4-15(12-16)13-25-11-10-23-14-25/h1-12,14H,13H2,(H,24,26). The molecule has 0 aliphatic carbocycles. The maximum Gasteiger partial charge on any atom is 0.265 e. The van der Waals surface area contributed by atoms with Crippen LogP contribution in [0.2, 0.25) is 0 Å². The zero-order valence-corrected chi connectivity index (χ0v) is 15.1. The fraction of sp³-hybridized carbons (Fsp3) is 0.0476. The SMILES string of the molecule is O=C(Nc1cccc(Cn2ccnc2)c1)c1ccc(-c2ccccc2F)s1. The first-order valence-corrected chi connectivity index (χ1v) is 9.21. The number of benzene rings is 2. The molecule has 0 atom stereocenters. The number of hydrogen-bond donors (Lipinski definition) is 1. The number of anilines is 1. The molecule has 2 aromatic heterocycles. The van der Waals surface area contributed by atoms with Gasteiger partial charge in [-0.15, -0.1) is 11.3 Å². The zero-order valence-electron chi connectivity index (χ0n) is 14.3.